The number of benzene rings is 1. The number of hydrogen-bond donors (Lipinski definition) is 2. The summed E-state index contributed by atoms with van der Waals surface area (Å²) >= 11 is 0. The Morgan fingerprint density at radius 2 is 1.82 bits per heavy atom. The summed E-state index contributed by atoms with van der Waals surface area (Å²) in [6.07, 6.45) is 2.08. The fourth-order valence-corrected chi connectivity index (χ4v) is 5.22. The zero-order valence-corrected chi connectivity index (χ0v) is 20.2. The fraction of sp³-hybridized carbons (Fsp3) is 0.364. The minimum atomic E-state index is -3.64. The molecule has 0 unspecified atom stereocenters. The molecule has 2 aromatic heterocycles. The highest BCUT2D eigenvalue weighted by Gasteiger charge is 2.28. The molecule has 0 radical (unpaired) electrons. The van der Waals surface area contributed by atoms with Crippen molar-refractivity contribution in [1.29, 1.82) is 0 Å². The van der Waals surface area contributed by atoms with Crippen molar-refractivity contribution < 1.29 is 18.3 Å². The molecular formula is C22H28ClN5O4S. The summed E-state index contributed by atoms with van der Waals surface area (Å²) in [5.74, 6) is -0.234. The Hall–Kier alpha value is -2.66. The fourth-order valence-electron chi connectivity index (χ4n) is 3.85. The van der Waals surface area contributed by atoms with Gasteiger partial charge in [0.25, 0.3) is 0 Å². The standard InChI is InChI=1S/C22H27N5O4S.ClH/c1-3-10-23-22(29)27-19-7-5-4-6-17(19)20(21(27)28)18-9-8-16(15-24-18)32(30,31)26-13-11-25(2)12-14-26;/h4-9,15,28H,3,10-14H2,1-2H3,(H,23,29);1H. The van der Waals surface area contributed by atoms with Gasteiger partial charge in [0.1, 0.15) is 4.90 Å². The van der Waals surface area contributed by atoms with Crippen LogP contribution in [0.25, 0.3) is 22.2 Å². The van der Waals surface area contributed by atoms with Crippen LogP contribution in [0, 0.1) is 0 Å². The number of likely N-dealkylation sites (N-methyl/N-ethyl adjacent to an activating group) is 1. The van der Waals surface area contributed by atoms with E-state index in [0.29, 0.717) is 54.9 Å². The average Bonchev–Trinajstić information content (AvgIpc) is 3.09. The SMILES string of the molecule is CCCNC(=O)n1c(O)c(-c2ccc(S(=O)(=O)N3CCN(C)CC3)cn2)c2ccccc21.Cl. The number of rotatable bonds is 5. The van der Waals surface area contributed by atoms with E-state index in [4.69, 9.17) is 0 Å². The first-order chi connectivity index (χ1) is 15.3. The molecule has 1 aliphatic rings. The number of nitrogens with one attached hydrogen (secondary N) is 1. The number of amides is 1. The van der Waals surface area contributed by atoms with Crippen LogP contribution in [-0.4, -0.2) is 78.1 Å². The second kappa shape index (κ2) is 10.1. The minimum Gasteiger partial charge on any atom is -0.494 e. The molecule has 178 valence electrons. The number of aromatic nitrogens is 2. The first-order valence-electron chi connectivity index (χ1n) is 10.6. The van der Waals surface area contributed by atoms with Gasteiger partial charge in [0.15, 0.2) is 0 Å². The van der Waals surface area contributed by atoms with Gasteiger partial charge in [-0.1, -0.05) is 25.1 Å². The number of halogens is 1. The van der Waals surface area contributed by atoms with Crippen LogP contribution in [0.15, 0.2) is 47.5 Å². The van der Waals surface area contributed by atoms with E-state index >= 15 is 0 Å². The third kappa shape index (κ3) is 4.70. The number of sulfonamides is 1. The van der Waals surface area contributed by atoms with E-state index in [9.17, 15) is 18.3 Å². The van der Waals surface area contributed by atoms with Crippen LogP contribution < -0.4 is 5.32 Å². The molecule has 2 N–H and O–H groups in total. The van der Waals surface area contributed by atoms with Gasteiger partial charge in [-0.25, -0.2) is 17.8 Å². The molecule has 1 aliphatic heterocycles. The predicted molar refractivity (Wildman–Crippen MR) is 129 cm³/mol. The lowest BCUT2D eigenvalue weighted by atomic mass is 10.1. The molecule has 0 atom stereocenters. The van der Waals surface area contributed by atoms with Crippen molar-refractivity contribution in [2.45, 2.75) is 18.2 Å². The quantitative estimate of drug-likeness (QED) is 0.566. The molecule has 4 rings (SSSR count). The lowest BCUT2D eigenvalue weighted by Crippen LogP contribution is -2.47. The number of para-hydroxylation sites is 1. The summed E-state index contributed by atoms with van der Waals surface area (Å²) < 4.78 is 28.6. The predicted octanol–water partition coefficient (Wildman–Crippen LogP) is 2.73. The number of piperazine rings is 1. The van der Waals surface area contributed by atoms with Gasteiger partial charge in [0.2, 0.25) is 15.9 Å². The van der Waals surface area contributed by atoms with E-state index in [1.807, 2.05) is 20.0 Å². The summed E-state index contributed by atoms with van der Waals surface area (Å²) in [6, 6.07) is 9.78. The van der Waals surface area contributed by atoms with Gasteiger partial charge in [-0.2, -0.15) is 4.31 Å². The van der Waals surface area contributed by atoms with Crippen molar-refractivity contribution in [1.82, 2.24) is 24.1 Å². The van der Waals surface area contributed by atoms with E-state index in [-0.39, 0.29) is 23.2 Å². The average molecular weight is 494 g/mol. The number of aromatic hydroxyl groups is 1. The Bertz CT molecular complexity index is 1240. The third-order valence-corrected chi connectivity index (χ3v) is 7.55. The Morgan fingerprint density at radius 3 is 2.45 bits per heavy atom. The summed E-state index contributed by atoms with van der Waals surface area (Å²) in [4.78, 5) is 19.2. The van der Waals surface area contributed by atoms with Crippen molar-refractivity contribution in [3.63, 3.8) is 0 Å². The highest BCUT2D eigenvalue weighted by atomic mass is 35.5. The summed E-state index contributed by atoms with van der Waals surface area (Å²) in [5.41, 5.74) is 1.32. The highest BCUT2D eigenvalue weighted by molar-refractivity contribution is 7.89. The van der Waals surface area contributed by atoms with Gasteiger partial charge in [-0.15, -0.1) is 12.4 Å². The number of pyridine rings is 1. The number of fused-ring (bicyclic) bond motifs is 1. The first kappa shape index (κ1) is 25.0. The molecule has 0 aliphatic carbocycles. The number of carbonyl (C=O) groups is 1. The Kier molecular flexibility index (Phi) is 7.63. The minimum absolute atomic E-state index is 0. The zero-order chi connectivity index (χ0) is 22.9. The summed E-state index contributed by atoms with van der Waals surface area (Å²) in [7, 11) is -1.68. The summed E-state index contributed by atoms with van der Waals surface area (Å²) in [6.45, 7) is 4.65. The summed E-state index contributed by atoms with van der Waals surface area (Å²) in [5, 5.41) is 14.3. The molecule has 33 heavy (non-hydrogen) atoms. The van der Waals surface area contributed by atoms with Crippen LogP contribution in [-0.2, 0) is 10.0 Å². The van der Waals surface area contributed by atoms with Crippen molar-refractivity contribution >= 4 is 39.4 Å². The zero-order valence-electron chi connectivity index (χ0n) is 18.6. The lowest BCUT2D eigenvalue weighted by Gasteiger charge is -2.31. The van der Waals surface area contributed by atoms with Crippen molar-refractivity contribution in [3.8, 4) is 17.1 Å². The topological polar surface area (TPSA) is 108 Å². The van der Waals surface area contributed by atoms with Crippen LogP contribution in [0.1, 0.15) is 13.3 Å². The highest BCUT2D eigenvalue weighted by Crippen LogP contribution is 2.38. The first-order valence-corrected chi connectivity index (χ1v) is 12.0. The molecule has 0 saturated carbocycles. The Morgan fingerprint density at radius 1 is 1.12 bits per heavy atom. The van der Waals surface area contributed by atoms with Gasteiger partial charge in [0.05, 0.1) is 16.8 Å². The maximum atomic E-state index is 13.0. The van der Waals surface area contributed by atoms with Gasteiger partial charge in [-0.3, -0.25) is 4.98 Å². The monoisotopic (exact) mass is 493 g/mol. The largest absolute Gasteiger partial charge is 0.494 e. The van der Waals surface area contributed by atoms with Crippen molar-refractivity contribution in [2.75, 3.05) is 39.8 Å². The van der Waals surface area contributed by atoms with Crippen molar-refractivity contribution in [3.05, 3.63) is 42.6 Å². The molecule has 9 nitrogen and oxygen atoms in total. The van der Waals surface area contributed by atoms with E-state index in [0.717, 1.165) is 6.42 Å². The number of carbonyl (C=O) groups excluding carboxylic acids is 1. The second-order valence-corrected chi connectivity index (χ2v) is 9.81. The maximum Gasteiger partial charge on any atom is 0.328 e. The molecule has 1 fully saturated rings. The van der Waals surface area contributed by atoms with E-state index in [1.54, 1.807) is 24.3 Å². The molecule has 3 aromatic rings. The Balaban J connectivity index is 0.00000306. The molecular weight excluding hydrogens is 466 g/mol. The molecule has 11 heteroatoms. The van der Waals surface area contributed by atoms with Crippen LogP contribution >= 0.6 is 12.4 Å². The smallest absolute Gasteiger partial charge is 0.328 e. The second-order valence-electron chi connectivity index (χ2n) is 7.87. The van der Waals surface area contributed by atoms with Gasteiger partial charge >= 0.3 is 6.03 Å². The van der Waals surface area contributed by atoms with E-state index in [2.05, 4.69) is 15.2 Å². The van der Waals surface area contributed by atoms with E-state index < -0.39 is 16.1 Å². The maximum absolute atomic E-state index is 13.0. The number of nitrogens with zero attached hydrogens (tertiary/aromatic N) is 4. The lowest BCUT2D eigenvalue weighted by molar-refractivity contribution is 0.222. The number of hydrogen-bond acceptors (Lipinski definition) is 6. The normalized spacial score (nSPS) is 15.3. The van der Waals surface area contributed by atoms with Crippen LogP contribution in [0.4, 0.5) is 4.79 Å². The molecule has 3 heterocycles. The molecule has 0 bridgehead atoms. The van der Waals surface area contributed by atoms with Crippen LogP contribution in [0.2, 0.25) is 0 Å². The van der Waals surface area contributed by atoms with Crippen molar-refractivity contribution in [2.24, 2.45) is 0 Å². The van der Waals surface area contributed by atoms with Crippen LogP contribution in [0.3, 0.4) is 0 Å². The van der Waals surface area contributed by atoms with Gasteiger partial charge < -0.3 is 15.3 Å². The Labute approximate surface area is 199 Å². The van der Waals surface area contributed by atoms with Crippen LogP contribution in [0.5, 0.6) is 5.88 Å². The van der Waals surface area contributed by atoms with Gasteiger partial charge in [-0.05, 0) is 31.7 Å². The van der Waals surface area contributed by atoms with Gasteiger partial charge in [0, 0.05) is 44.3 Å². The third-order valence-electron chi connectivity index (χ3n) is 5.67. The molecule has 1 amide bonds. The molecule has 0 spiro atoms. The molecule has 1 saturated heterocycles. The molecule has 1 aromatic carbocycles. The van der Waals surface area contributed by atoms with E-state index in [1.165, 1.54) is 21.1 Å².